The van der Waals surface area contributed by atoms with E-state index < -0.39 is 17.2 Å². The van der Waals surface area contributed by atoms with E-state index in [-0.39, 0.29) is 22.6 Å². The zero-order valence-electron chi connectivity index (χ0n) is 20.6. The number of hydrogen-bond acceptors (Lipinski definition) is 6. The number of ether oxygens (including phenoxy) is 1. The number of nitriles is 1. The first-order valence-corrected chi connectivity index (χ1v) is 11.9. The van der Waals surface area contributed by atoms with Crippen molar-refractivity contribution >= 4 is 5.95 Å². The van der Waals surface area contributed by atoms with Crippen LogP contribution in [0, 0.1) is 28.9 Å². The van der Waals surface area contributed by atoms with Gasteiger partial charge in [-0.3, -0.25) is 9.36 Å². The number of nitrogens with one attached hydrogen (secondary N) is 1. The van der Waals surface area contributed by atoms with Crippen LogP contribution in [0.25, 0.3) is 22.4 Å². The summed E-state index contributed by atoms with van der Waals surface area (Å²) in [6, 6.07) is 10.1. The quantitative estimate of drug-likeness (QED) is 0.557. The summed E-state index contributed by atoms with van der Waals surface area (Å²) in [5.74, 6) is -0.436. The second-order valence-corrected chi connectivity index (χ2v) is 9.08. The Hall–Kier alpha value is -3.77. The summed E-state index contributed by atoms with van der Waals surface area (Å²) in [5.41, 5.74) is 0.473. The van der Waals surface area contributed by atoms with Gasteiger partial charge < -0.3 is 15.0 Å². The zero-order chi connectivity index (χ0) is 25.8. The molecule has 4 rings (SSSR count). The van der Waals surface area contributed by atoms with E-state index in [1.54, 1.807) is 25.2 Å². The molecule has 1 N–H and O–H groups in total. The maximum atomic E-state index is 14.6. The summed E-state index contributed by atoms with van der Waals surface area (Å²) in [5, 5.41) is 12.5. The fourth-order valence-corrected chi connectivity index (χ4v) is 4.72. The number of methoxy groups -OCH3 is 1. The SMILES string of the molecule is COc1ccc(-c2c(-c3ccc(C#N)c(F)c3)nc(N(C)CC3CCCNCC3)n(C)c2=O)cc1F. The van der Waals surface area contributed by atoms with Crippen molar-refractivity contribution in [3.8, 4) is 34.2 Å². The Kier molecular flexibility index (Phi) is 7.65. The highest BCUT2D eigenvalue weighted by molar-refractivity contribution is 5.81. The third-order valence-corrected chi connectivity index (χ3v) is 6.64. The molecule has 36 heavy (non-hydrogen) atoms. The van der Waals surface area contributed by atoms with Gasteiger partial charge in [0.2, 0.25) is 5.95 Å². The van der Waals surface area contributed by atoms with E-state index in [0.29, 0.717) is 29.5 Å². The van der Waals surface area contributed by atoms with Gasteiger partial charge in [-0.25, -0.2) is 13.8 Å². The number of anilines is 1. The number of hydrogen-bond donors (Lipinski definition) is 1. The van der Waals surface area contributed by atoms with Crippen LogP contribution in [-0.2, 0) is 7.05 Å². The van der Waals surface area contributed by atoms with Crippen molar-refractivity contribution in [1.29, 1.82) is 5.26 Å². The minimum atomic E-state index is -0.717. The van der Waals surface area contributed by atoms with E-state index in [0.717, 1.165) is 32.4 Å². The molecule has 188 valence electrons. The van der Waals surface area contributed by atoms with E-state index in [1.165, 1.54) is 35.9 Å². The average Bonchev–Trinajstić information content (AvgIpc) is 3.14. The summed E-state index contributed by atoms with van der Waals surface area (Å²) in [7, 11) is 4.87. The minimum absolute atomic E-state index is 0.0451. The van der Waals surface area contributed by atoms with Crippen LogP contribution in [0.4, 0.5) is 14.7 Å². The van der Waals surface area contributed by atoms with Crippen LogP contribution in [-0.4, -0.2) is 43.3 Å². The van der Waals surface area contributed by atoms with Gasteiger partial charge in [0.1, 0.15) is 11.9 Å². The smallest absolute Gasteiger partial charge is 0.263 e. The van der Waals surface area contributed by atoms with Crippen LogP contribution < -0.4 is 20.5 Å². The lowest BCUT2D eigenvalue weighted by atomic mass is 9.98. The van der Waals surface area contributed by atoms with E-state index in [2.05, 4.69) is 5.32 Å². The van der Waals surface area contributed by atoms with Gasteiger partial charge in [0.05, 0.1) is 23.9 Å². The molecule has 7 nitrogen and oxygen atoms in total. The van der Waals surface area contributed by atoms with Gasteiger partial charge in [0.25, 0.3) is 5.56 Å². The second kappa shape index (κ2) is 10.9. The van der Waals surface area contributed by atoms with Gasteiger partial charge in [-0.2, -0.15) is 5.26 Å². The van der Waals surface area contributed by atoms with Crippen LogP contribution >= 0.6 is 0 Å². The van der Waals surface area contributed by atoms with Gasteiger partial charge in [0, 0.05) is 26.2 Å². The third kappa shape index (κ3) is 5.09. The molecule has 1 saturated heterocycles. The van der Waals surface area contributed by atoms with E-state index in [1.807, 2.05) is 11.9 Å². The second-order valence-electron chi connectivity index (χ2n) is 9.08. The maximum Gasteiger partial charge on any atom is 0.263 e. The van der Waals surface area contributed by atoms with Crippen LogP contribution in [0.2, 0.25) is 0 Å². The Morgan fingerprint density at radius 1 is 1.17 bits per heavy atom. The Bertz CT molecular complexity index is 1360. The Morgan fingerprint density at radius 2 is 1.92 bits per heavy atom. The Labute approximate surface area is 209 Å². The molecule has 1 aromatic heterocycles. The van der Waals surface area contributed by atoms with Gasteiger partial charge >= 0.3 is 0 Å². The van der Waals surface area contributed by atoms with Crippen molar-refractivity contribution in [1.82, 2.24) is 14.9 Å². The summed E-state index contributed by atoms with van der Waals surface area (Å²) < 4.78 is 35.6. The zero-order valence-corrected chi connectivity index (χ0v) is 20.6. The fourth-order valence-electron chi connectivity index (χ4n) is 4.72. The van der Waals surface area contributed by atoms with Crippen molar-refractivity contribution < 1.29 is 13.5 Å². The van der Waals surface area contributed by atoms with E-state index in [9.17, 15) is 13.6 Å². The first-order valence-electron chi connectivity index (χ1n) is 11.9. The number of benzene rings is 2. The molecule has 1 unspecified atom stereocenters. The summed E-state index contributed by atoms with van der Waals surface area (Å²) in [4.78, 5) is 20.4. The highest BCUT2D eigenvalue weighted by atomic mass is 19.1. The molecule has 3 aromatic rings. The fraction of sp³-hybridized carbons (Fsp3) is 0.370. The highest BCUT2D eigenvalue weighted by Gasteiger charge is 2.23. The molecule has 0 amide bonds. The summed E-state index contributed by atoms with van der Waals surface area (Å²) in [6.45, 7) is 2.65. The van der Waals surface area contributed by atoms with Crippen LogP contribution in [0.3, 0.4) is 0 Å². The lowest BCUT2D eigenvalue weighted by Crippen LogP contribution is -2.33. The monoisotopic (exact) mass is 493 g/mol. The number of nitrogens with zero attached hydrogens (tertiary/aromatic N) is 4. The number of rotatable bonds is 6. The summed E-state index contributed by atoms with van der Waals surface area (Å²) in [6.07, 6.45) is 3.18. The molecular weight excluding hydrogens is 464 g/mol. The minimum Gasteiger partial charge on any atom is -0.494 e. The third-order valence-electron chi connectivity index (χ3n) is 6.64. The van der Waals surface area contributed by atoms with Crippen molar-refractivity contribution in [3.05, 3.63) is 63.9 Å². The van der Waals surface area contributed by atoms with Gasteiger partial charge in [0.15, 0.2) is 11.6 Å². The normalized spacial score (nSPS) is 15.7. The first kappa shape index (κ1) is 25.3. The Morgan fingerprint density at radius 3 is 2.61 bits per heavy atom. The molecule has 2 heterocycles. The molecule has 0 aliphatic carbocycles. The molecule has 0 radical (unpaired) electrons. The largest absolute Gasteiger partial charge is 0.494 e. The lowest BCUT2D eigenvalue weighted by Gasteiger charge is -2.26. The average molecular weight is 494 g/mol. The van der Waals surface area contributed by atoms with Crippen LogP contribution in [0.1, 0.15) is 24.8 Å². The van der Waals surface area contributed by atoms with Crippen LogP contribution in [0.5, 0.6) is 5.75 Å². The predicted molar refractivity (Wildman–Crippen MR) is 135 cm³/mol. The van der Waals surface area contributed by atoms with Gasteiger partial charge in [-0.05, 0) is 68.1 Å². The lowest BCUT2D eigenvalue weighted by molar-refractivity contribution is 0.386. The van der Waals surface area contributed by atoms with Crippen molar-refractivity contribution in [2.24, 2.45) is 13.0 Å². The molecule has 0 spiro atoms. The molecule has 1 fully saturated rings. The topological polar surface area (TPSA) is 83.2 Å². The maximum absolute atomic E-state index is 14.6. The van der Waals surface area contributed by atoms with Crippen molar-refractivity contribution in [3.63, 3.8) is 0 Å². The van der Waals surface area contributed by atoms with E-state index in [4.69, 9.17) is 15.0 Å². The van der Waals surface area contributed by atoms with Gasteiger partial charge in [-0.15, -0.1) is 0 Å². The van der Waals surface area contributed by atoms with E-state index >= 15 is 0 Å². The van der Waals surface area contributed by atoms with Crippen molar-refractivity contribution in [2.45, 2.75) is 19.3 Å². The van der Waals surface area contributed by atoms with Gasteiger partial charge in [-0.1, -0.05) is 12.1 Å². The molecule has 1 aliphatic rings. The highest BCUT2D eigenvalue weighted by Crippen LogP contribution is 2.33. The standard InChI is InChI=1S/C27H29F2N5O2/c1-33(16-17-5-4-11-31-12-10-17)27-32-25(19-6-7-20(15-30)21(28)14-19)24(26(35)34(27)2)18-8-9-23(36-3)22(29)13-18/h6-9,13-14,17,31H,4-5,10-12,16H2,1-3H3. The molecule has 1 aliphatic heterocycles. The van der Waals surface area contributed by atoms with Crippen molar-refractivity contribution in [2.75, 3.05) is 38.7 Å². The first-order chi connectivity index (χ1) is 17.3. The molecule has 9 heteroatoms. The molecule has 0 saturated carbocycles. The molecule has 1 atom stereocenters. The number of halogens is 2. The summed E-state index contributed by atoms with van der Waals surface area (Å²) >= 11 is 0. The predicted octanol–water partition coefficient (Wildman–Crippen LogP) is 4.10. The van der Waals surface area contributed by atoms with Crippen LogP contribution in [0.15, 0.2) is 41.2 Å². The number of aromatic nitrogens is 2. The Balaban J connectivity index is 1.87. The molecule has 2 aromatic carbocycles. The molecular formula is C27H29F2N5O2. The molecule has 0 bridgehead atoms.